The Labute approximate surface area is 176 Å². The number of benzene rings is 2. The van der Waals surface area contributed by atoms with Crippen molar-refractivity contribution < 1.29 is 23.8 Å². The van der Waals surface area contributed by atoms with Gasteiger partial charge in [-0.25, -0.2) is 4.79 Å². The summed E-state index contributed by atoms with van der Waals surface area (Å²) in [6.45, 7) is 2.18. The molecule has 2 amide bonds. The molecule has 0 aliphatic heterocycles. The summed E-state index contributed by atoms with van der Waals surface area (Å²) in [4.78, 5) is 23.1. The second-order valence-electron chi connectivity index (χ2n) is 6.90. The van der Waals surface area contributed by atoms with Crippen molar-refractivity contribution >= 4 is 12.0 Å². The Morgan fingerprint density at radius 3 is 2.10 bits per heavy atom. The van der Waals surface area contributed by atoms with Crippen molar-refractivity contribution in [3.05, 3.63) is 59.7 Å². The highest BCUT2D eigenvalue weighted by molar-refractivity contribution is 5.79. The molecule has 0 saturated heterocycles. The summed E-state index contributed by atoms with van der Waals surface area (Å²) in [7, 11) is 1.59. The average molecular weight is 412 g/mol. The van der Waals surface area contributed by atoms with Crippen LogP contribution in [0.1, 0.15) is 23.5 Å². The van der Waals surface area contributed by atoms with Crippen LogP contribution in [0.5, 0.6) is 0 Å². The van der Waals surface area contributed by atoms with Crippen LogP contribution in [-0.4, -0.2) is 58.6 Å². The van der Waals surface area contributed by atoms with Gasteiger partial charge in [-0.05, 0) is 22.3 Å². The Bertz CT molecular complexity index is 809. The fourth-order valence-corrected chi connectivity index (χ4v) is 3.49. The van der Waals surface area contributed by atoms with Crippen LogP contribution in [0.15, 0.2) is 48.5 Å². The zero-order valence-corrected chi connectivity index (χ0v) is 17.2. The van der Waals surface area contributed by atoms with Crippen molar-refractivity contribution in [1.82, 2.24) is 10.6 Å². The molecule has 0 bridgehead atoms. The smallest absolute Gasteiger partial charge is 0.407 e. The lowest BCUT2D eigenvalue weighted by Gasteiger charge is -2.14. The van der Waals surface area contributed by atoms with Gasteiger partial charge in [-0.15, -0.1) is 0 Å². The van der Waals surface area contributed by atoms with Gasteiger partial charge >= 0.3 is 6.09 Å². The molecule has 2 N–H and O–H groups in total. The summed E-state index contributed by atoms with van der Waals surface area (Å²) >= 11 is 0. The molecule has 1 aliphatic rings. The predicted octanol–water partition coefficient (Wildman–Crippen LogP) is 2.69. The molecule has 7 heteroatoms. The third kappa shape index (κ3) is 5.81. The number of nitrogens with one attached hydrogen (secondary N) is 2. The van der Waals surface area contributed by atoms with Gasteiger partial charge in [0.15, 0.2) is 0 Å². The van der Waals surface area contributed by atoms with Crippen LogP contribution < -0.4 is 10.6 Å². The monoisotopic (exact) mass is 412 g/mol. The van der Waals surface area contributed by atoms with E-state index in [9.17, 15) is 9.59 Å². The van der Waals surface area contributed by atoms with Crippen LogP contribution in [0, 0.1) is 0 Å². The first-order chi connectivity index (χ1) is 14.7. The van der Waals surface area contributed by atoms with Crippen molar-refractivity contribution in [3.8, 4) is 11.1 Å². The van der Waals surface area contributed by atoms with E-state index in [2.05, 4.69) is 34.9 Å². The molecule has 2 aromatic carbocycles. The van der Waals surface area contributed by atoms with Gasteiger partial charge in [0.1, 0.15) is 6.61 Å². The molecule has 30 heavy (non-hydrogen) atoms. The largest absolute Gasteiger partial charge is 0.449 e. The van der Waals surface area contributed by atoms with E-state index in [0.29, 0.717) is 46.0 Å². The Morgan fingerprint density at radius 1 is 0.867 bits per heavy atom. The summed E-state index contributed by atoms with van der Waals surface area (Å²) < 4.78 is 16.1. The lowest BCUT2D eigenvalue weighted by atomic mass is 9.98. The fraction of sp³-hybridized carbons (Fsp3) is 0.391. The highest BCUT2D eigenvalue weighted by atomic mass is 16.5. The van der Waals surface area contributed by atoms with Crippen molar-refractivity contribution in [3.63, 3.8) is 0 Å². The number of rotatable bonds is 11. The first-order valence-electron chi connectivity index (χ1n) is 10.2. The minimum Gasteiger partial charge on any atom is -0.449 e. The van der Waals surface area contributed by atoms with E-state index in [-0.39, 0.29) is 11.8 Å². The number of hydrogen-bond donors (Lipinski definition) is 2. The van der Waals surface area contributed by atoms with E-state index in [0.717, 1.165) is 0 Å². The topological polar surface area (TPSA) is 85.9 Å². The number of carbonyl (C=O) groups excluding carboxylic acids is 2. The third-order valence-electron chi connectivity index (χ3n) is 4.98. The van der Waals surface area contributed by atoms with Gasteiger partial charge in [0, 0.05) is 25.9 Å². The molecule has 0 atom stereocenters. The maximum Gasteiger partial charge on any atom is 0.407 e. The maximum atomic E-state index is 12.0. The summed E-state index contributed by atoms with van der Waals surface area (Å²) in [6, 6.07) is 16.5. The van der Waals surface area contributed by atoms with E-state index in [1.54, 1.807) is 7.05 Å². The average Bonchev–Trinajstić information content (AvgIpc) is 3.10. The third-order valence-corrected chi connectivity index (χ3v) is 4.98. The first-order valence-corrected chi connectivity index (χ1v) is 10.2. The Hall–Kier alpha value is -2.90. The highest BCUT2D eigenvalue weighted by Gasteiger charge is 2.28. The summed E-state index contributed by atoms with van der Waals surface area (Å²) in [5.41, 5.74) is 4.78. The molecular formula is C23H28N2O5. The molecule has 0 saturated carbocycles. The Balaban J connectivity index is 1.32. The number of carbonyl (C=O) groups is 2. The van der Waals surface area contributed by atoms with E-state index in [1.165, 1.54) is 22.3 Å². The fourth-order valence-electron chi connectivity index (χ4n) is 3.49. The van der Waals surface area contributed by atoms with Gasteiger partial charge in [-0.1, -0.05) is 48.5 Å². The van der Waals surface area contributed by atoms with Gasteiger partial charge in [0.05, 0.1) is 26.4 Å². The van der Waals surface area contributed by atoms with Crippen LogP contribution in [0.3, 0.4) is 0 Å². The van der Waals surface area contributed by atoms with Crippen molar-refractivity contribution in [2.45, 2.75) is 12.3 Å². The quantitative estimate of drug-likeness (QED) is 0.554. The summed E-state index contributed by atoms with van der Waals surface area (Å²) in [5.74, 6) is -0.00505. The number of fused-ring (bicyclic) bond motifs is 3. The van der Waals surface area contributed by atoms with Crippen LogP contribution in [-0.2, 0) is 19.0 Å². The van der Waals surface area contributed by atoms with Crippen molar-refractivity contribution in [2.24, 2.45) is 0 Å². The SMILES string of the molecule is CNC(=O)CCOCCOCCNC(=O)OCC1c2ccccc2-c2ccccc21. The number of ether oxygens (including phenoxy) is 3. The van der Waals surface area contributed by atoms with Crippen molar-refractivity contribution in [2.75, 3.05) is 46.6 Å². The minimum absolute atomic E-state index is 0.0475. The van der Waals surface area contributed by atoms with Crippen LogP contribution in [0.25, 0.3) is 11.1 Å². The molecule has 0 unspecified atom stereocenters. The van der Waals surface area contributed by atoms with Gasteiger partial charge in [-0.3, -0.25) is 4.79 Å². The molecule has 2 aromatic rings. The maximum absolute atomic E-state index is 12.0. The van der Waals surface area contributed by atoms with Gasteiger partial charge in [-0.2, -0.15) is 0 Å². The van der Waals surface area contributed by atoms with Crippen LogP contribution in [0.2, 0.25) is 0 Å². The summed E-state index contributed by atoms with van der Waals surface area (Å²) in [6.07, 6.45) is -0.123. The molecule has 3 rings (SSSR count). The molecule has 160 valence electrons. The van der Waals surface area contributed by atoms with Gasteiger partial charge < -0.3 is 24.8 Å². The number of amides is 2. The highest BCUT2D eigenvalue weighted by Crippen LogP contribution is 2.44. The molecule has 0 radical (unpaired) electrons. The zero-order valence-electron chi connectivity index (χ0n) is 17.2. The molecule has 0 aromatic heterocycles. The minimum atomic E-state index is -0.456. The molecule has 1 aliphatic carbocycles. The Morgan fingerprint density at radius 2 is 1.47 bits per heavy atom. The van der Waals surface area contributed by atoms with Gasteiger partial charge in [0.25, 0.3) is 0 Å². The number of alkyl carbamates (subject to hydrolysis) is 1. The van der Waals surface area contributed by atoms with E-state index in [1.807, 2.05) is 24.3 Å². The normalized spacial score (nSPS) is 12.2. The first kappa shape index (κ1) is 21.8. The lowest BCUT2D eigenvalue weighted by Crippen LogP contribution is -2.29. The molecule has 0 spiro atoms. The number of hydrogen-bond acceptors (Lipinski definition) is 5. The molecule has 7 nitrogen and oxygen atoms in total. The van der Waals surface area contributed by atoms with E-state index < -0.39 is 6.09 Å². The van der Waals surface area contributed by atoms with Crippen LogP contribution >= 0.6 is 0 Å². The Kier molecular flexibility index (Phi) is 8.23. The van der Waals surface area contributed by atoms with Crippen LogP contribution in [0.4, 0.5) is 4.79 Å². The summed E-state index contributed by atoms with van der Waals surface area (Å²) in [5, 5.41) is 5.23. The standard InChI is InChI=1S/C23H28N2O5/c1-24-22(26)10-12-28-14-15-29-13-11-25-23(27)30-16-21-19-8-4-2-6-17(19)18-7-3-5-9-20(18)21/h2-9,21H,10-16H2,1H3,(H,24,26)(H,25,27). The molecule has 0 fully saturated rings. The van der Waals surface area contributed by atoms with Crippen molar-refractivity contribution in [1.29, 1.82) is 0 Å². The molecule has 0 heterocycles. The van der Waals surface area contributed by atoms with E-state index in [4.69, 9.17) is 14.2 Å². The van der Waals surface area contributed by atoms with Gasteiger partial charge in [0.2, 0.25) is 5.91 Å². The second kappa shape index (κ2) is 11.3. The lowest BCUT2D eigenvalue weighted by molar-refractivity contribution is -0.121. The van der Waals surface area contributed by atoms with E-state index >= 15 is 0 Å². The zero-order chi connectivity index (χ0) is 21.2. The molecular weight excluding hydrogens is 384 g/mol. The second-order valence-corrected chi connectivity index (χ2v) is 6.90. The predicted molar refractivity (Wildman–Crippen MR) is 113 cm³/mol.